The minimum atomic E-state index is -1.24. The van der Waals surface area contributed by atoms with E-state index in [9.17, 15) is 19.5 Å². The molecule has 3 aliphatic rings. The molecule has 0 saturated carbocycles. The fourth-order valence-corrected chi connectivity index (χ4v) is 6.32. The average molecular weight is 446 g/mol. The highest BCUT2D eigenvalue weighted by atomic mass is 16.5. The highest BCUT2D eigenvalue weighted by Crippen LogP contribution is 2.55. The summed E-state index contributed by atoms with van der Waals surface area (Å²) in [5.41, 5.74) is 0.934. The molecule has 2 aliphatic carbocycles. The molecule has 178 valence electrons. The lowest BCUT2D eigenvalue weighted by atomic mass is 9.54. The van der Waals surface area contributed by atoms with Gasteiger partial charge in [0.05, 0.1) is 0 Å². The third kappa shape index (κ3) is 4.24. The number of allylic oxidation sites excluding steroid dienone is 4. The van der Waals surface area contributed by atoms with E-state index >= 15 is 0 Å². The number of Topliss-reactive ketones (excluding diaryl/α,β-unsaturated/α-hetero) is 2. The summed E-state index contributed by atoms with van der Waals surface area (Å²) < 4.78 is 5.45. The van der Waals surface area contributed by atoms with Gasteiger partial charge in [0.15, 0.2) is 11.6 Å². The van der Waals surface area contributed by atoms with Crippen LogP contribution in [0.4, 0.5) is 0 Å². The summed E-state index contributed by atoms with van der Waals surface area (Å²) >= 11 is 0. The van der Waals surface area contributed by atoms with Gasteiger partial charge in [-0.15, -0.1) is 0 Å². The second kappa shape index (κ2) is 9.60. The quantitative estimate of drug-likeness (QED) is 0.512. The normalized spacial score (nSPS) is 40.1. The van der Waals surface area contributed by atoms with E-state index in [1.54, 1.807) is 0 Å². The smallest absolute Gasteiger partial charge is 0.235 e. The molecule has 3 rings (SSSR count). The molecule has 1 heterocycles. The van der Waals surface area contributed by atoms with Crippen LogP contribution in [-0.2, 0) is 19.1 Å². The van der Waals surface area contributed by atoms with E-state index in [0.29, 0.717) is 12.3 Å². The molecule has 1 spiro atoms. The molecule has 6 nitrogen and oxygen atoms in total. The molecule has 0 aromatic heterocycles. The van der Waals surface area contributed by atoms with Crippen LogP contribution >= 0.6 is 0 Å². The van der Waals surface area contributed by atoms with Gasteiger partial charge in [0.1, 0.15) is 11.5 Å². The summed E-state index contributed by atoms with van der Waals surface area (Å²) in [4.78, 5) is 40.7. The van der Waals surface area contributed by atoms with Crippen LogP contribution in [-0.4, -0.2) is 48.4 Å². The molecule has 32 heavy (non-hydrogen) atoms. The number of nitrogens with one attached hydrogen (secondary N) is 1. The molecule has 1 fully saturated rings. The molecule has 6 heteroatoms. The lowest BCUT2D eigenvalue weighted by Crippen LogP contribution is -2.53. The predicted molar refractivity (Wildman–Crippen MR) is 123 cm³/mol. The molecule has 1 saturated heterocycles. The number of rotatable bonds is 4. The maximum absolute atomic E-state index is 14.0. The topological polar surface area (TPSA) is 92.7 Å². The summed E-state index contributed by atoms with van der Waals surface area (Å²) in [5, 5.41) is 13.0. The number of hydrogen-bond donors (Lipinski definition) is 2. The lowest BCUT2D eigenvalue weighted by molar-refractivity contribution is -0.149. The zero-order valence-corrected chi connectivity index (χ0v) is 20.3. The standard InChI is InChI=1S/C26H39NO5/c1-14(2)7-20-24-17(5)16(4)10-19-9-15(3)8-18(13-28)11-21(29)22(32-6)12-23(30)26(19,24)25(31)27-20/h9-10,14,17-20,22,24,28H,7-8,11-13H2,1-6H3,(H,27,31)/b15-9+/t17-,18+,19+,20+,22-,24+,26-/m1/s1. The number of aliphatic hydroxyl groups excluding tert-OH is 1. The molecule has 0 bridgehead atoms. The molecule has 0 aromatic carbocycles. The summed E-state index contributed by atoms with van der Waals surface area (Å²) in [6.07, 6.45) is 4.61. The lowest BCUT2D eigenvalue weighted by Gasteiger charge is -2.45. The number of amides is 1. The van der Waals surface area contributed by atoms with E-state index < -0.39 is 11.5 Å². The maximum Gasteiger partial charge on any atom is 0.235 e. The Kier molecular flexibility index (Phi) is 7.45. The first-order valence-electron chi connectivity index (χ1n) is 11.9. The van der Waals surface area contributed by atoms with Crippen molar-refractivity contribution in [3.63, 3.8) is 0 Å². The fourth-order valence-electron chi connectivity index (χ4n) is 6.32. The van der Waals surface area contributed by atoms with E-state index in [0.717, 1.165) is 12.0 Å². The summed E-state index contributed by atoms with van der Waals surface area (Å²) in [5.74, 6) is -0.951. The molecule has 0 aromatic rings. The van der Waals surface area contributed by atoms with Crippen LogP contribution in [0.5, 0.6) is 0 Å². The van der Waals surface area contributed by atoms with E-state index in [4.69, 9.17) is 4.74 Å². The van der Waals surface area contributed by atoms with Crippen LogP contribution in [0.3, 0.4) is 0 Å². The van der Waals surface area contributed by atoms with Crippen LogP contribution in [0.2, 0.25) is 0 Å². The zero-order chi connectivity index (χ0) is 23.8. The molecule has 1 amide bonds. The summed E-state index contributed by atoms with van der Waals surface area (Å²) in [6, 6.07) is -0.0895. The van der Waals surface area contributed by atoms with Crippen LogP contribution in [0.1, 0.15) is 60.3 Å². The van der Waals surface area contributed by atoms with Crippen LogP contribution in [0.15, 0.2) is 23.3 Å². The Morgan fingerprint density at radius 2 is 1.84 bits per heavy atom. The van der Waals surface area contributed by atoms with Crippen molar-refractivity contribution < 1.29 is 24.2 Å². The van der Waals surface area contributed by atoms with Crippen LogP contribution < -0.4 is 5.32 Å². The Bertz CT molecular complexity index is 828. The average Bonchev–Trinajstić information content (AvgIpc) is 3.00. The van der Waals surface area contributed by atoms with Gasteiger partial charge in [0.2, 0.25) is 5.91 Å². The van der Waals surface area contributed by atoms with E-state index in [-0.39, 0.29) is 66.6 Å². The molecule has 2 N–H and O–H groups in total. The van der Waals surface area contributed by atoms with Gasteiger partial charge >= 0.3 is 0 Å². The first kappa shape index (κ1) is 24.8. The van der Waals surface area contributed by atoms with Gasteiger partial charge in [-0.2, -0.15) is 0 Å². The third-order valence-corrected chi connectivity index (χ3v) is 7.90. The molecule has 0 unspecified atom stereocenters. The second-order valence-electron chi connectivity index (χ2n) is 10.6. The van der Waals surface area contributed by atoms with Crippen molar-refractivity contribution in [1.29, 1.82) is 0 Å². The van der Waals surface area contributed by atoms with Gasteiger partial charge in [-0.1, -0.05) is 44.1 Å². The Morgan fingerprint density at radius 1 is 1.16 bits per heavy atom. The van der Waals surface area contributed by atoms with E-state index in [1.807, 2.05) is 13.0 Å². The predicted octanol–water partition coefficient (Wildman–Crippen LogP) is 3.24. The third-order valence-electron chi connectivity index (χ3n) is 7.90. The van der Waals surface area contributed by atoms with Gasteiger partial charge in [-0.05, 0) is 44.4 Å². The zero-order valence-electron chi connectivity index (χ0n) is 20.3. The minimum absolute atomic E-state index is 0.0682. The SMILES string of the molecule is CO[C@@H]1CC(=O)[C@@]23C(=O)N[C@@H](CC(C)C)[C@@H]2[C@H](C)C(C)=C[C@@H]3/C=C(\C)C[C@H](CO)CC1=O. The summed E-state index contributed by atoms with van der Waals surface area (Å²) in [7, 11) is 1.43. The molecular formula is C26H39NO5. The number of carbonyl (C=O) groups excluding carboxylic acids is 3. The highest BCUT2D eigenvalue weighted by molar-refractivity contribution is 6.10. The molecule has 0 radical (unpaired) electrons. The van der Waals surface area contributed by atoms with Crippen LogP contribution in [0.25, 0.3) is 0 Å². The Hall–Kier alpha value is -1.79. The van der Waals surface area contributed by atoms with Crippen molar-refractivity contribution >= 4 is 17.5 Å². The largest absolute Gasteiger partial charge is 0.396 e. The Balaban J connectivity index is 2.20. The van der Waals surface area contributed by atoms with Crippen molar-refractivity contribution in [2.24, 2.45) is 35.0 Å². The first-order chi connectivity index (χ1) is 15.1. The number of ether oxygens (including phenoxy) is 1. The van der Waals surface area contributed by atoms with Crippen molar-refractivity contribution in [3.8, 4) is 0 Å². The van der Waals surface area contributed by atoms with Gasteiger partial charge in [0.25, 0.3) is 0 Å². The minimum Gasteiger partial charge on any atom is -0.396 e. The van der Waals surface area contributed by atoms with Gasteiger partial charge in [0, 0.05) is 44.4 Å². The fraction of sp³-hybridized carbons (Fsp3) is 0.731. The van der Waals surface area contributed by atoms with Gasteiger partial charge < -0.3 is 15.2 Å². The summed E-state index contributed by atoms with van der Waals surface area (Å²) in [6.45, 7) is 10.3. The van der Waals surface area contributed by atoms with Crippen LogP contribution in [0, 0.1) is 35.0 Å². The Morgan fingerprint density at radius 3 is 2.44 bits per heavy atom. The van der Waals surface area contributed by atoms with Crippen molar-refractivity contribution in [3.05, 3.63) is 23.3 Å². The van der Waals surface area contributed by atoms with E-state index in [1.165, 1.54) is 12.7 Å². The number of aliphatic hydroxyl groups is 1. The second-order valence-corrected chi connectivity index (χ2v) is 10.6. The van der Waals surface area contributed by atoms with Gasteiger partial charge in [-0.25, -0.2) is 0 Å². The Labute approximate surface area is 191 Å². The highest BCUT2D eigenvalue weighted by Gasteiger charge is 2.65. The molecule has 1 aliphatic heterocycles. The number of ketones is 2. The number of hydrogen-bond acceptors (Lipinski definition) is 5. The number of methoxy groups -OCH3 is 1. The molecular weight excluding hydrogens is 406 g/mol. The number of carbonyl (C=O) groups is 3. The monoisotopic (exact) mass is 445 g/mol. The van der Waals surface area contributed by atoms with Gasteiger partial charge in [-0.3, -0.25) is 14.4 Å². The van der Waals surface area contributed by atoms with E-state index in [2.05, 4.69) is 39.1 Å². The van der Waals surface area contributed by atoms with Crippen molar-refractivity contribution in [1.82, 2.24) is 5.32 Å². The first-order valence-corrected chi connectivity index (χ1v) is 11.9. The maximum atomic E-state index is 14.0. The van der Waals surface area contributed by atoms with Crippen molar-refractivity contribution in [2.45, 2.75) is 72.4 Å². The van der Waals surface area contributed by atoms with Crippen molar-refractivity contribution in [2.75, 3.05) is 13.7 Å². The molecule has 7 atom stereocenters.